The summed E-state index contributed by atoms with van der Waals surface area (Å²) >= 11 is 0. The molecule has 5 rings (SSSR count). The lowest BCUT2D eigenvalue weighted by molar-refractivity contribution is 0.187. The molecule has 1 atom stereocenters. The van der Waals surface area contributed by atoms with Crippen molar-refractivity contribution in [1.82, 2.24) is 19.5 Å². The molecule has 0 amide bonds. The number of phenols is 1. The Labute approximate surface area is 181 Å². The Morgan fingerprint density at radius 1 is 1.06 bits per heavy atom. The molecular weight excluding hydrogens is 425 g/mol. The van der Waals surface area contributed by atoms with E-state index in [4.69, 9.17) is 4.74 Å². The summed E-state index contributed by atoms with van der Waals surface area (Å²) in [4.78, 5) is 13.4. The van der Waals surface area contributed by atoms with Gasteiger partial charge in [0, 0.05) is 18.7 Å². The van der Waals surface area contributed by atoms with Gasteiger partial charge in [0.1, 0.15) is 11.2 Å². The number of nitrogens with one attached hydrogen (secondary N) is 2. The number of rotatable bonds is 5. The van der Waals surface area contributed by atoms with Crippen molar-refractivity contribution in [1.29, 1.82) is 0 Å². The fraction of sp³-hybridized carbons (Fsp3) is 0.476. The van der Waals surface area contributed by atoms with Crippen molar-refractivity contribution in [3.63, 3.8) is 0 Å². The van der Waals surface area contributed by atoms with Crippen LogP contribution in [0.25, 0.3) is 11.2 Å². The summed E-state index contributed by atoms with van der Waals surface area (Å²) in [5.74, 6) is -4.71. The summed E-state index contributed by atoms with van der Waals surface area (Å²) in [5, 5.41) is 15.5. The first kappa shape index (κ1) is 20.8. The number of hydrogen-bond acceptors (Lipinski definition) is 7. The third-order valence-corrected chi connectivity index (χ3v) is 6.02. The normalized spacial score (nSPS) is 19.5. The first-order chi connectivity index (χ1) is 15.5. The van der Waals surface area contributed by atoms with Gasteiger partial charge >= 0.3 is 0 Å². The molecule has 1 saturated heterocycles. The fourth-order valence-corrected chi connectivity index (χ4v) is 4.36. The van der Waals surface area contributed by atoms with E-state index in [1.165, 1.54) is 6.42 Å². The van der Waals surface area contributed by atoms with E-state index in [9.17, 15) is 18.3 Å². The first-order valence-corrected chi connectivity index (χ1v) is 10.7. The molecule has 0 spiro atoms. The quantitative estimate of drug-likeness (QED) is 0.532. The van der Waals surface area contributed by atoms with E-state index < -0.39 is 28.9 Å². The number of nitrogens with zero attached hydrogens (tertiary/aromatic N) is 4. The largest absolute Gasteiger partial charge is 0.503 e. The first-order valence-electron chi connectivity index (χ1n) is 10.7. The minimum absolute atomic E-state index is 0.100. The molecule has 1 saturated carbocycles. The van der Waals surface area contributed by atoms with Crippen LogP contribution in [0.1, 0.15) is 44.6 Å². The third kappa shape index (κ3) is 3.81. The van der Waals surface area contributed by atoms with E-state index in [2.05, 4.69) is 25.6 Å². The van der Waals surface area contributed by atoms with Gasteiger partial charge in [0.25, 0.3) is 0 Å². The average Bonchev–Trinajstić information content (AvgIpc) is 3.43. The van der Waals surface area contributed by atoms with Gasteiger partial charge in [-0.3, -0.25) is 4.57 Å². The molecule has 3 heterocycles. The molecule has 1 unspecified atom stereocenters. The van der Waals surface area contributed by atoms with E-state index in [-0.39, 0.29) is 12.0 Å². The van der Waals surface area contributed by atoms with Gasteiger partial charge in [0.15, 0.2) is 28.8 Å². The molecule has 0 radical (unpaired) electrons. The summed E-state index contributed by atoms with van der Waals surface area (Å²) in [6.45, 7) is 0.914. The maximum absolute atomic E-state index is 14.4. The maximum atomic E-state index is 14.4. The van der Waals surface area contributed by atoms with E-state index in [0.717, 1.165) is 25.7 Å². The Kier molecular flexibility index (Phi) is 5.50. The Morgan fingerprint density at radius 2 is 1.88 bits per heavy atom. The monoisotopic (exact) mass is 448 g/mol. The number of imidazole rings is 1. The molecule has 2 aliphatic rings. The summed E-state index contributed by atoms with van der Waals surface area (Å²) in [6, 6.07) is 0.550. The van der Waals surface area contributed by atoms with Crippen LogP contribution < -0.4 is 10.6 Å². The molecule has 32 heavy (non-hydrogen) atoms. The standard InChI is InChI=1S/C21H23F3N6O2/c22-13-8-14(23)18(31)16(24)17(13)28-21-27-15-9-25-20(26-11-4-2-1-3-5-11)29-19(15)30(21)12-6-7-32-10-12/h8-9,11-12,31H,1-7,10H2,(H,27,28)(H,25,26,29). The van der Waals surface area contributed by atoms with Gasteiger partial charge in [-0.2, -0.15) is 4.98 Å². The number of halogens is 3. The number of anilines is 3. The van der Waals surface area contributed by atoms with Crippen LogP contribution in [0.15, 0.2) is 12.3 Å². The van der Waals surface area contributed by atoms with Gasteiger partial charge in [0.2, 0.25) is 11.9 Å². The minimum atomic E-state index is -1.44. The van der Waals surface area contributed by atoms with Crippen LogP contribution in [-0.4, -0.2) is 43.9 Å². The maximum Gasteiger partial charge on any atom is 0.224 e. The molecule has 8 nitrogen and oxygen atoms in total. The van der Waals surface area contributed by atoms with Crippen LogP contribution in [0.4, 0.5) is 30.8 Å². The molecule has 1 aliphatic carbocycles. The number of aromatic nitrogens is 4. The third-order valence-electron chi connectivity index (χ3n) is 6.02. The van der Waals surface area contributed by atoms with Crippen LogP contribution in [0, 0.1) is 17.5 Å². The molecular formula is C21H23F3N6O2. The lowest BCUT2D eigenvalue weighted by Gasteiger charge is -2.22. The van der Waals surface area contributed by atoms with Gasteiger partial charge in [-0.05, 0) is 19.3 Å². The number of hydrogen-bond donors (Lipinski definition) is 3. The number of phenolic OH excluding ortho intramolecular Hbond substituents is 1. The number of benzene rings is 1. The Hall–Kier alpha value is -3.08. The van der Waals surface area contributed by atoms with Crippen LogP contribution >= 0.6 is 0 Å². The molecule has 3 aromatic rings. The molecule has 1 aliphatic heterocycles. The van der Waals surface area contributed by atoms with Crippen molar-refractivity contribution < 1.29 is 23.0 Å². The van der Waals surface area contributed by atoms with E-state index in [1.54, 1.807) is 10.8 Å². The Morgan fingerprint density at radius 3 is 2.62 bits per heavy atom. The zero-order valence-corrected chi connectivity index (χ0v) is 17.2. The minimum Gasteiger partial charge on any atom is -0.503 e. The molecule has 2 fully saturated rings. The zero-order chi connectivity index (χ0) is 22.2. The molecule has 2 aromatic heterocycles. The number of aromatic hydroxyl groups is 1. The van der Waals surface area contributed by atoms with Crippen LogP contribution in [-0.2, 0) is 4.74 Å². The SMILES string of the molecule is Oc1c(F)cc(F)c(Nc2nc3cnc(NC4CCCCC4)nc3n2C2CCOC2)c1F. The predicted molar refractivity (Wildman–Crippen MR) is 112 cm³/mol. The van der Waals surface area contributed by atoms with Gasteiger partial charge < -0.3 is 20.5 Å². The molecule has 0 bridgehead atoms. The summed E-state index contributed by atoms with van der Waals surface area (Å²) < 4.78 is 49.4. The second-order valence-corrected chi connectivity index (χ2v) is 8.21. The lowest BCUT2D eigenvalue weighted by atomic mass is 9.96. The van der Waals surface area contributed by atoms with Crippen molar-refractivity contribution in [3.05, 3.63) is 29.7 Å². The van der Waals surface area contributed by atoms with Crippen molar-refractivity contribution >= 4 is 28.7 Å². The van der Waals surface area contributed by atoms with Crippen LogP contribution in [0.2, 0.25) is 0 Å². The topological polar surface area (TPSA) is 97.1 Å². The number of ether oxygens (including phenoxy) is 1. The average molecular weight is 448 g/mol. The highest BCUT2D eigenvalue weighted by atomic mass is 19.1. The van der Waals surface area contributed by atoms with Crippen LogP contribution in [0.5, 0.6) is 5.75 Å². The van der Waals surface area contributed by atoms with Crippen molar-refractivity contribution in [3.8, 4) is 5.75 Å². The zero-order valence-electron chi connectivity index (χ0n) is 17.2. The second kappa shape index (κ2) is 8.45. The summed E-state index contributed by atoms with van der Waals surface area (Å²) in [6.07, 6.45) is 7.87. The predicted octanol–water partition coefficient (Wildman–Crippen LogP) is 4.40. The molecule has 170 valence electrons. The van der Waals surface area contributed by atoms with Crippen molar-refractivity contribution in [2.45, 2.75) is 50.6 Å². The summed E-state index contributed by atoms with van der Waals surface area (Å²) in [7, 11) is 0. The van der Waals surface area contributed by atoms with Gasteiger partial charge in [0.05, 0.1) is 18.8 Å². The van der Waals surface area contributed by atoms with Crippen molar-refractivity contribution in [2.75, 3.05) is 23.8 Å². The molecule has 1 aromatic carbocycles. The van der Waals surface area contributed by atoms with Crippen LogP contribution in [0.3, 0.4) is 0 Å². The second-order valence-electron chi connectivity index (χ2n) is 8.21. The van der Waals surface area contributed by atoms with Gasteiger partial charge in [-0.25, -0.2) is 23.1 Å². The highest BCUT2D eigenvalue weighted by Crippen LogP contribution is 2.35. The van der Waals surface area contributed by atoms with E-state index in [0.29, 0.717) is 48.9 Å². The van der Waals surface area contributed by atoms with E-state index in [1.807, 2.05) is 0 Å². The fourth-order valence-electron chi connectivity index (χ4n) is 4.36. The highest BCUT2D eigenvalue weighted by molar-refractivity contribution is 5.77. The Bertz CT molecular complexity index is 1140. The molecule has 11 heteroatoms. The molecule has 3 N–H and O–H groups in total. The van der Waals surface area contributed by atoms with E-state index >= 15 is 0 Å². The van der Waals surface area contributed by atoms with Gasteiger partial charge in [-0.1, -0.05) is 19.3 Å². The van der Waals surface area contributed by atoms with Crippen molar-refractivity contribution in [2.24, 2.45) is 0 Å². The van der Waals surface area contributed by atoms with Gasteiger partial charge in [-0.15, -0.1) is 0 Å². The smallest absolute Gasteiger partial charge is 0.224 e. The summed E-state index contributed by atoms with van der Waals surface area (Å²) in [5.41, 5.74) is 0.220. The highest BCUT2D eigenvalue weighted by Gasteiger charge is 2.27. The number of fused-ring (bicyclic) bond motifs is 1. The Balaban J connectivity index is 1.55. The lowest BCUT2D eigenvalue weighted by Crippen LogP contribution is -2.23.